The van der Waals surface area contributed by atoms with Crippen LogP contribution in [-0.2, 0) is 6.54 Å². The van der Waals surface area contributed by atoms with Crippen molar-refractivity contribution in [2.75, 3.05) is 11.9 Å². The predicted molar refractivity (Wildman–Crippen MR) is 131 cm³/mol. The fourth-order valence-corrected chi connectivity index (χ4v) is 3.62. The standard InChI is InChI=1S/C24H35N5S/c1-8-12-13-17(5)18(6)16-29-23-21(15-26-29)22(25-14-20(10-3)11-4)27-24(28-23)30-19(7)9-2/h8,10-13,15,18-19H,3,9,14,16H2,1-2,4-7H3,(H,25,27,28)/b12-8-,17-13+,20-11+. The number of nitrogens with one attached hydrogen (secondary N) is 1. The van der Waals surface area contributed by atoms with Crippen molar-refractivity contribution in [3.63, 3.8) is 0 Å². The second-order valence-corrected chi connectivity index (χ2v) is 8.92. The van der Waals surface area contributed by atoms with Crippen molar-refractivity contribution < 1.29 is 0 Å². The normalized spacial score (nSPS) is 15.0. The van der Waals surface area contributed by atoms with E-state index < -0.39 is 0 Å². The van der Waals surface area contributed by atoms with E-state index in [1.165, 1.54) is 5.57 Å². The smallest absolute Gasteiger partial charge is 0.191 e. The SMILES string of the molecule is C=C/C(=C\C)CNc1nc(SC(C)CC)nc2c1cnn2CC(C)/C(C)=C/C=C\C. The van der Waals surface area contributed by atoms with Crippen LogP contribution in [0.15, 0.2) is 59.5 Å². The minimum absolute atomic E-state index is 0.358. The van der Waals surface area contributed by atoms with Crippen LogP contribution >= 0.6 is 11.8 Å². The highest BCUT2D eigenvalue weighted by atomic mass is 32.2. The fraction of sp³-hybridized carbons (Fsp3) is 0.458. The average Bonchev–Trinajstić information content (AvgIpc) is 3.15. The third-order valence-electron chi connectivity index (χ3n) is 5.23. The molecule has 162 valence electrons. The molecule has 0 aromatic carbocycles. The van der Waals surface area contributed by atoms with E-state index >= 15 is 0 Å². The quantitative estimate of drug-likeness (QED) is 0.256. The van der Waals surface area contributed by atoms with E-state index in [1.54, 1.807) is 11.8 Å². The van der Waals surface area contributed by atoms with Crippen molar-refractivity contribution in [3.8, 4) is 0 Å². The minimum atomic E-state index is 0.358. The summed E-state index contributed by atoms with van der Waals surface area (Å²) in [5.41, 5.74) is 3.33. The van der Waals surface area contributed by atoms with Crippen LogP contribution in [0.4, 0.5) is 5.82 Å². The third kappa shape index (κ3) is 6.33. The first-order valence-electron chi connectivity index (χ1n) is 10.6. The van der Waals surface area contributed by atoms with Crippen molar-refractivity contribution >= 4 is 28.6 Å². The van der Waals surface area contributed by atoms with E-state index in [1.807, 2.05) is 36.9 Å². The van der Waals surface area contributed by atoms with Gasteiger partial charge in [0.25, 0.3) is 0 Å². The molecule has 0 saturated heterocycles. The molecule has 0 amide bonds. The van der Waals surface area contributed by atoms with Crippen LogP contribution in [0.2, 0.25) is 0 Å². The molecule has 5 nitrogen and oxygen atoms in total. The maximum absolute atomic E-state index is 4.87. The molecule has 0 aliphatic carbocycles. The molecule has 2 unspecified atom stereocenters. The Bertz CT molecular complexity index is 938. The monoisotopic (exact) mass is 425 g/mol. The Labute approximate surface area is 185 Å². The third-order valence-corrected chi connectivity index (χ3v) is 6.35. The van der Waals surface area contributed by atoms with Crippen LogP contribution < -0.4 is 5.32 Å². The number of aromatic nitrogens is 4. The summed E-state index contributed by atoms with van der Waals surface area (Å²) in [6, 6.07) is 0. The van der Waals surface area contributed by atoms with E-state index in [-0.39, 0.29) is 0 Å². The molecule has 0 fully saturated rings. The van der Waals surface area contributed by atoms with Crippen molar-refractivity contribution in [1.29, 1.82) is 0 Å². The second kappa shape index (κ2) is 11.7. The first kappa shape index (κ1) is 23.9. The van der Waals surface area contributed by atoms with Crippen LogP contribution in [0.1, 0.15) is 48.0 Å². The maximum Gasteiger partial charge on any atom is 0.191 e. The van der Waals surface area contributed by atoms with Gasteiger partial charge in [0, 0.05) is 18.3 Å². The molecular weight excluding hydrogens is 390 g/mol. The highest BCUT2D eigenvalue weighted by Gasteiger charge is 2.16. The van der Waals surface area contributed by atoms with Crippen LogP contribution in [-0.4, -0.2) is 31.5 Å². The number of nitrogens with zero attached hydrogens (tertiary/aromatic N) is 4. The highest BCUT2D eigenvalue weighted by Crippen LogP contribution is 2.28. The van der Waals surface area contributed by atoms with Gasteiger partial charge >= 0.3 is 0 Å². The Hall–Kier alpha value is -2.34. The molecule has 1 N–H and O–H groups in total. The lowest BCUT2D eigenvalue weighted by Crippen LogP contribution is -2.12. The van der Waals surface area contributed by atoms with Gasteiger partial charge in [0.1, 0.15) is 5.82 Å². The molecular formula is C24H35N5S. The van der Waals surface area contributed by atoms with Crippen LogP contribution in [0, 0.1) is 5.92 Å². The van der Waals surface area contributed by atoms with E-state index in [9.17, 15) is 0 Å². The molecule has 0 aliphatic rings. The molecule has 2 heterocycles. The number of hydrogen-bond donors (Lipinski definition) is 1. The van der Waals surface area contributed by atoms with E-state index in [0.29, 0.717) is 17.7 Å². The lowest BCUT2D eigenvalue weighted by atomic mass is 10.0. The second-order valence-electron chi connectivity index (χ2n) is 7.51. The molecule has 0 saturated carbocycles. The molecule has 30 heavy (non-hydrogen) atoms. The molecule has 6 heteroatoms. The molecule has 2 rings (SSSR count). The Balaban J connectivity index is 2.41. The van der Waals surface area contributed by atoms with Gasteiger partial charge in [0.15, 0.2) is 10.8 Å². The molecule has 2 atom stereocenters. The largest absolute Gasteiger partial charge is 0.365 e. The number of fused-ring (bicyclic) bond motifs is 1. The Morgan fingerprint density at radius 1 is 1.30 bits per heavy atom. The number of hydrogen-bond acceptors (Lipinski definition) is 5. The summed E-state index contributed by atoms with van der Waals surface area (Å²) in [5.74, 6) is 1.18. The first-order valence-corrected chi connectivity index (χ1v) is 11.5. The molecule has 0 spiro atoms. The summed E-state index contributed by atoms with van der Waals surface area (Å²) >= 11 is 1.71. The molecule has 0 aliphatic heterocycles. The van der Waals surface area contributed by atoms with Gasteiger partial charge in [0.2, 0.25) is 0 Å². The zero-order chi connectivity index (χ0) is 22.1. The summed E-state index contributed by atoms with van der Waals surface area (Å²) in [6.45, 7) is 18.1. The first-order chi connectivity index (χ1) is 14.4. The lowest BCUT2D eigenvalue weighted by molar-refractivity contribution is 0.510. The topological polar surface area (TPSA) is 55.6 Å². The highest BCUT2D eigenvalue weighted by molar-refractivity contribution is 7.99. The van der Waals surface area contributed by atoms with Gasteiger partial charge in [-0.15, -0.1) is 0 Å². The lowest BCUT2D eigenvalue weighted by Gasteiger charge is -2.14. The van der Waals surface area contributed by atoms with E-state index in [0.717, 1.165) is 40.5 Å². The van der Waals surface area contributed by atoms with Gasteiger partial charge in [-0.2, -0.15) is 5.10 Å². The van der Waals surface area contributed by atoms with Crippen molar-refractivity contribution in [2.45, 2.75) is 64.9 Å². The molecule has 2 aromatic rings. The van der Waals surface area contributed by atoms with E-state index in [2.05, 4.69) is 62.9 Å². The number of thioether (sulfide) groups is 1. The summed E-state index contributed by atoms with van der Waals surface area (Å²) in [4.78, 5) is 9.67. The Morgan fingerprint density at radius 3 is 2.70 bits per heavy atom. The summed E-state index contributed by atoms with van der Waals surface area (Å²) in [7, 11) is 0. The van der Waals surface area contributed by atoms with Gasteiger partial charge in [-0.05, 0) is 38.7 Å². The van der Waals surface area contributed by atoms with Crippen LogP contribution in [0.5, 0.6) is 0 Å². The maximum atomic E-state index is 4.87. The summed E-state index contributed by atoms with van der Waals surface area (Å²) in [5, 5.41) is 10.3. The Kier molecular flexibility index (Phi) is 9.37. The number of rotatable bonds is 11. The number of allylic oxidation sites excluding steroid dienone is 5. The van der Waals surface area contributed by atoms with Crippen molar-refractivity contribution in [3.05, 3.63) is 54.3 Å². The van der Waals surface area contributed by atoms with Gasteiger partial charge in [0.05, 0.1) is 11.6 Å². The van der Waals surface area contributed by atoms with Gasteiger partial charge in [-0.25, -0.2) is 14.6 Å². The summed E-state index contributed by atoms with van der Waals surface area (Å²) < 4.78 is 2.00. The van der Waals surface area contributed by atoms with Crippen molar-refractivity contribution in [2.24, 2.45) is 5.92 Å². The van der Waals surface area contributed by atoms with Gasteiger partial charge < -0.3 is 5.32 Å². The number of anilines is 1. The minimum Gasteiger partial charge on any atom is -0.365 e. The Morgan fingerprint density at radius 2 is 2.07 bits per heavy atom. The van der Waals surface area contributed by atoms with Crippen molar-refractivity contribution in [1.82, 2.24) is 19.7 Å². The zero-order valence-electron chi connectivity index (χ0n) is 19.1. The van der Waals surface area contributed by atoms with Crippen LogP contribution in [0.3, 0.4) is 0 Å². The van der Waals surface area contributed by atoms with Gasteiger partial charge in [-0.3, -0.25) is 0 Å². The van der Waals surface area contributed by atoms with E-state index in [4.69, 9.17) is 9.97 Å². The van der Waals surface area contributed by atoms with Crippen LogP contribution in [0.25, 0.3) is 11.0 Å². The van der Waals surface area contributed by atoms with Gasteiger partial charge in [-0.1, -0.05) is 75.1 Å². The zero-order valence-corrected chi connectivity index (χ0v) is 20.0. The molecule has 2 aromatic heterocycles. The predicted octanol–water partition coefficient (Wildman–Crippen LogP) is 6.42. The average molecular weight is 426 g/mol. The fourth-order valence-electron chi connectivity index (χ4n) is 2.81. The molecule has 0 bridgehead atoms. The summed E-state index contributed by atoms with van der Waals surface area (Å²) in [6.07, 6.45) is 13.2. The molecule has 0 radical (unpaired) electrons.